The molecule has 0 unspecified atom stereocenters. The largest absolute Gasteiger partial charge is 0.399 e. The predicted octanol–water partition coefficient (Wildman–Crippen LogP) is 2.10. The molecule has 0 aliphatic carbocycles. The maximum Gasteiger partial charge on any atom is 0.185 e. The molecule has 1 saturated heterocycles. The first-order valence-corrected chi connectivity index (χ1v) is 6.04. The van der Waals surface area contributed by atoms with Crippen LogP contribution in [0.1, 0.15) is 23.2 Å². The minimum absolute atomic E-state index is 0.0456. The summed E-state index contributed by atoms with van der Waals surface area (Å²) in [5, 5.41) is 0. The zero-order chi connectivity index (χ0) is 12.1. The zero-order valence-electron chi connectivity index (χ0n) is 9.93. The van der Waals surface area contributed by atoms with Crippen LogP contribution in [0, 0.1) is 0 Å². The molecule has 17 heavy (non-hydrogen) atoms. The number of benzene rings is 1. The Labute approximate surface area is 102 Å². The van der Waals surface area contributed by atoms with Crippen LogP contribution in [0.5, 0.6) is 0 Å². The maximum absolute atomic E-state index is 11.8. The third kappa shape index (κ3) is 3.43. The van der Waals surface area contributed by atoms with E-state index in [-0.39, 0.29) is 5.78 Å². The van der Waals surface area contributed by atoms with Crippen molar-refractivity contribution in [2.75, 3.05) is 25.4 Å². The minimum atomic E-state index is 0.0456. The summed E-state index contributed by atoms with van der Waals surface area (Å²) in [5.41, 5.74) is 6.95. The highest BCUT2D eigenvalue weighted by Crippen LogP contribution is 2.08. The Balaban J connectivity index is 1.87. The Morgan fingerprint density at radius 3 is 2.53 bits per heavy atom. The van der Waals surface area contributed by atoms with Crippen molar-refractivity contribution >= 4 is 11.5 Å². The van der Waals surface area contributed by atoms with Crippen molar-refractivity contribution in [1.82, 2.24) is 4.90 Å². The number of nitrogens with two attached hydrogens (primary N) is 1. The van der Waals surface area contributed by atoms with E-state index in [1.54, 1.807) is 30.3 Å². The van der Waals surface area contributed by atoms with Crippen LogP contribution in [0.3, 0.4) is 0 Å². The van der Waals surface area contributed by atoms with E-state index in [0.717, 1.165) is 19.6 Å². The van der Waals surface area contributed by atoms with Crippen LogP contribution in [0.25, 0.3) is 0 Å². The lowest BCUT2D eigenvalue weighted by atomic mass is 10.1. The van der Waals surface area contributed by atoms with Crippen LogP contribution in [0.2, 0.25) is 0 Å². The fourth-order valence-electron chi connectivity index (χ4n) is 2.02. The molecule has 0 saturated carbocycles. The summed E-state index contributed by atoms with van der Waals surface area (Å²) in [5.74, 6) is 0.0456. The van der Waals surface area contributed by atoms with E-state index in [9.17, 15) is 4.79 Å². The molecule has 1 aliphatic rings. The molecule has 0 spiro atoms. The lowest BCUT2D eigenvalue weighted by Gasteiger charge is -2.10. The summed E-state index contributed by atoms with van der Waals surface area (Å²) in [7, 11) is 0. The number of allylic oxidation sites excluding steroid dienone is 1. The van der Waals surface area contributed by atoms with E-state index in [1.807, 2.05) is 6.08 Å². The van der Waals surface area contributed by atoms with Gasteiger partial charge in [0.05, 0.1) is 0 Å². The van der Waals surface area contributed by atoms with Crippen molar-refractivity contribution in [2.45, 2.75) is 12.8 Å². The quantitative estimate of drug-likeness (QED) is 0.489. The number of ketones is 1. The van der Waals surface area contributed by atoms with Gasteiger partial charge in [-0.25, -0.2) is 0 Å². The number of hydrogen-bond donors (Lipinski definition) is 1. The van der Waals surface area contributed by atoms with Crippen LogP contribution in [0.4, 0.5) is 5.69 Å². The molecule has 90 valence electrons. The first-order chi connectivity index (χ1) is 8.25. The molecule has 1 fully saturated rings. The topological polar surface area (TPSA) is 46.3 Å². The van der Waals surface area contributed by atoms with E-state index in [1.165, 1.54) is 12.8 Å². The molecular weight excluding hydrogens is 212 g/mol. The average Bonchev–Trinajstić information content (AvgIpc) is 2.83. The molecule has 2 rings (SSSR count). The van der Waals surface area contributed by atoms with Gasteiger partial charge in [-0.1, -0.05) is 6.08 Å². The number of nitrogen functional groups attached to an aromatic ring is 1. The first kappa shape index (κ1) is 11.9. The van der Waals surface area contributed by atoms with Crippen molar-refractivity contribution in [3.8, 4) is 0 Å². The highest BCUT2D eigenvalue weighted by Gasteiger charge is 2.09. The van der Waals surface area contributed by atoms with Gasteiger partial charge >= 0.3 is 0 Å². The number of carbonyl (C=O) groups excluding carboxylic acids is 1. The number of rotatable bonds is 4. The van der Waals surface area contributed by atoms with Gasteiger partial charge in [0, 0.05) is 17.8 Å². The van der Waals surface area contributed by atoms with Gasteiger partial charge in [-0.15, -0.1) is 0 Å². The van der Waals surface area contributed by atoms with E-state index < -0.39 is 0 Å². The lowest BCUT2D eigenvalue weighted by molar-refractivity contribution is 0.104. The highest BCUT2D eigenvalue weighted by molar-refractivity contribution is 6.04. The second-order valence-corrected chi connectivity index (χ2v) is 4.40. The monoisotopic (exact) mass is 230 g/mol. The van der Waals surface area contributed by atoms with E-state index in [0.29, 0.717) is 11.3 Å². The normalized spacial score (nSPS) is 16.7. The Morgan fingerprint density at radius 2 is 1.88 bits per heavy atom. The van der Waals surface area contributed by atoms with Gasteiger partial charge in [0.1, 0.15) is 0 Å². The fourth-order valence-corrected chi connectivity index (χ4v) is 2.02. The van der Waals surface area contributed by atoms with Crippen LogP contribution < -0.4 is 5.73 Å². The number of hydrogen-bond acceptors (Lipinski definition) is 3. The zero-order valence-corrected chi connectivity index (χ0v) is 9.93. The fraction of sp³-hybridized carbons (Fsp3) is 0.357. The summed E-state index contributed by atoms with van der Waals surface area (Å²) in [6.07, 6.45) is 6.16. The Morgan fingerprint density at radius 1 is 1.24 bits per heavy atom. The second kappa shape index (κ2) is 5.64. The van der Waals surface area contributed by atoms with Gasteiger partial charge < -0.3 is 5.73 Å². The van der Waals surface area contributed by atoms with Gasteiger partial charge in [-0.05, 0) is 56.3 Å². The van der Waals surface area contributed by atoms with Crippen LogP contribution in [0.15, 0.2) is 36.4 Å². The SMILES string of the molecule is Nc1ccc(C(=O)/C=C/CN2CCCC2)cc1. The van der Waals surface area contributed by atoms with E-state index in [2.05, 4.69) is 4.90 Å². The van der Waals surface area contributed by atoms with Gasteiger partial charge in [-0.2, -0.15) is 0 Å². The Kier molecular flexibility index (Phi) is 3.94. The molecule has 3 nitrogen and oxygen atoms in total. The third-order valence-corrected chi connectivity index (χ3v) is 3.03. The summed E-state index contributed by atoms with van der Waals surface area (Å²) >= 11 is 0. The summed E-state index contributed by atoms with van der Waals surface area (Å²) in [4.78, 5) is 14.1. The minimum Gasteiger partial charge on any atom is -0.399 e. The van der Waals surface area contributed by atoms with Gasteiger partial charge in [0.15, 0.2) is 5.78 Å². The smallest absolute Gasteiger partial charge is 0.185 e. The van der Waals surface area contributed by atoms with Crippen LogP contribution in [-0.2, 0) is 0 Å². The van der Waals surface area contributed by atoms with E-state index in [4.69, 9.17) is 5.73 Å². The van der Waals surface area contributed by atoms with Crippen molar-refractivity contribution in [3.63, 3.8) is 0 Å². The second-order valence-electron chi connectivity index (χ2n) is 4.40. The summed E-state index contributed by atoms with van der Waals surface area (Å²) < 4.78 is 0. The molecule has 0 radical (unpaired) electrons. The molecule has 0 amide bonds. The van der Waals surface area contributed by atoms with Crippen molar-refractivity contribution in [3.05, 3.63) is 42.0 Å². The first-order valence-electron chi connectivity index (χ1n) is 6.04. The standard InChI is InChI=1S/C14H18N2O/c15-13-7-5-12(6-8-13)14(17)4-3-11-16-9-1-2-10-16/h3-8H,1-2,9-11,15H2/b4-3+. The average molecular weight is 230 g/mol. The lowest BCUT2D eigenvalue weighted by Crippen LogP contribution is -2.18. The highest BCUT2D eigenvalue weighted by atomic mass is 16.1. The Hall–Kier alpha value is -1.61. The molecule has 1 aliphatic heterocycles. The van der Waals surface area contributed by atoms with E-state index >= 15 is 0 Å². The molecule has 0 bridgehead atoms. The molecule has 0 atom stereocenters. The maximum atomic E-state index is 11.8. The molecule has 0 aromatic heterocycles. The summed E-state index contributed by atoms with van der Waals surface area (Å²) in [6.45, 7) is 3.18. The molecule has 1 aromatic rings. The number of nitrogens with zero attached hydrogens (tertiary/aromatic N) is 1. The van der Waals surface area contributed by atoms with Crippen molar-refractivity contribution in [1.29, 1.82) is 0 Å². The molecular formula is C14H18N2O. The third-order valence-electron chi connectivity index (χ3n) is 3.03. The molecule has 1 heterocycles. The number of anilines is 1. The molecule has 2 N–H and O–H groups in total. The van der Waals surface area contributed by atoms with Gasteiger partial charge in [-0.3, -0.25) is 9.69 Å². The van der Waals surface area contributed by atoms with Crippen LogP contribution in [-0.4, -0.2) is 30.3 Å². The van der Waals surface area contributed by atoms with Crippen molar-refractivity contribution < 1.29 is 4.79 Å². The predicted molar refractivity (Wildman–Crippen MR) is 70.0 cm³/mol. The number of likely N-dealkylation sites (tertiary alicyclic amines) is 1. The molecule has 1 aromatic carbocycles. The summed E-state index contributed by atoms with van der Waals surface area (Å²) in [6, 6.07) is 7.03. The van der Waals surface area contributed by atoms with Crippen LogP contribution >= 0.6 is 0 Å². The Bertz CT molecular complexity index is 403. The van der Waals surface area contributed by atoms with Gasteiger partial charge in [0.25, 0.3) is 0 Å². The van der Waals surface area contributed by atoms with Gasteiger partial charge in [0.2, 0.25) is 0 Å². The van der Waals surface area contributed by atoms with Crippen molar-refractivity contribution in [2.24, 2.45) is 0 Å². The number of carbonyl (C=O) groups is 1. The molecule has 3 heteroatoms.